The molecule has 2 heteroatoms. The predicted molar refractivity (Wildman–Crippen MR) is 52.8 cm³/mol. The Kier molecular flexibility index (Phi) is 5.73. The first-order chi connectivity index (χ1) is 5.61. The lowest BCUT2D eigenvalue weighted by atomic mass is 10.1. The van der Waals surface area contributed by atoms with Gasteiger partial charge in [0.2, 0.25) is 0 Å². The van der Waals surface area contributed by atoms with Gasteiger partial charge in [-0.15, -0.1) is 0 Å². The fraction of sp³-hybridized carbons (Fsp3) is 0.400. The van der Waals surface area contributed by atoms with E-state index in [-0.39, 0.29) is 10.9 Å². The van der Waals surface area contributed by atoms with Crippen LogP contribution in [0.2, 0.25) is 0 Å². The topological polar surface area (TPSA) is 0 Å². The molecule has 68 valence electrons. The van der Waals surface area contributed by atoms with Gasteiger partial charge in [0.25, 0.3) is 0 Å². The molecule has 0 rings (SSSR count). The average Bonchev–Trinajstić information content (AvgIpc) is 2.03. The molecule has 0 aromatic rings. The molecule has 0 unspecified atom stereocenters. The minimum Gasteiger partial charge on any atom is -0.206 e. The summed E-state index contributed by atoms with van der Waals surface area (Å²) < 4.78 is 12.9. The van der Waals surface area contributed by atoms with Crippen molar-refractivity contribution in [2.24, 2.45) is 0 Å². The minimum absolute atomic E-state index is 0.186. The lowest BCUT2D eigenvalue weighted by molar-refractivity contribution is 0.659. The Morgan fingerprint density at radius 2 is 2.17 bits per heavy atom. The van der Waals surface area contributed by atoms with Crippen LogP contribution in [0, 0.1) is 0 Å². The highest BCUT2D eigenvalue weighted by Crippen LogP contribution is 2.16. The highest BCUT2D eigenvalue weighted by Gasteiger charge is 1.96. The quantitative estimate of drug-likeness (QED) is 0.576. The molecule has 0 heterocycles. The predicted octanol–water partition coefficient (Wildman–Crippen LogP) is 4.34. The summed E-state index contributed by atoms with van der Waals surface area (Å²) in [6.45, 7) is 7.15. The highest BCUT2D eigenvalue weighted by atomic mass is 35.5. The van der Waals surface area contributed by atoms with Crippen LogP contribution in [0.1, 0.15) is 26.7 Å². The first-order valence-corrected chi connectivity index (χ1v) is 4.34. The van der Waals surface area contributed by atoms with Crippen LogP contribution in [-0.2, 0) is 0 Å². The molecular formula is C10H14ClF. The Morgan fingerprint density at radius 3 is 2.50 bits per heavy atom. The third-order valence-corrected chi connectivity index (χ3v) is 1.62. The van der Waals surface area contributed by atoms with Crippen molar-refractivity contribution in [1.82, 2.24) is 0 Å². The maximum Gasteiger partial charge on any atom is 0.137 e. The van der Waals surface area contributed by atoms with E-state index in [2.05, 4.69) is 6.58 Å². The minimum atomic E-state index is -0.375. The Hall–Kier alpha value is -0.560. The van der Waals surface area contributed by atoms with Crippen LogP contribution in [0.25, 0.3) is 0 Å². The van der Waals surface area contributed by atoms with Gasteiger partial charge < -0.3 is 0 Å². The van der Waals surface area contributed by atoms with Crippen LogP contribution in [0.15, 0.2) is 35.2 Å². The van der Waals surface area contributed by atoms with Gasteiger partial charge in [-0.1, -0.05) is 37.6 Å². The fourth-order valence-electron chi connectivity index (χ4n) is 0.784. The van der Waals surface area contributed by atoms with Crippen molar-refractivity contribution in [2.75, 3.05) is 0 Å². The Balaban J connectivity index is 4.49. The van der Waals surface area contributed by atoms with Crippen molar-refractivity contribution < 1.29 is 4.39 Å². The monoisotopic (exact) mass is 188 g/mol. The van der Waals surface area contributed by atoms with E-state index in [0.717, 1.165) is 18.4 Å². The second-order valence-electron chi connectivity index (χ2n) is 2.55. The standard InChI is InChI=1S/C10H14ClF/c1-4-6-9(5-2)7-10(12)8(3)11/h5,7H,2,4,6H2,1,3H3/b9-7+,10-8-. The van der Waals surface area contributed by atoms with E-state index in [1.165, 1.54) is 13.0 Å². The summed E-state index contributed by atoms with van der Waals surface area (Å²) in [6, 6.07) is 0. The molecule has 0 aliphatic rings. The number of hydrogen-bond acceptors (Lipinski definition) is 0. The SMILES string of the molecule is C=C/C(=C\C(F)=C(/C)Cl)CCC. The molecule has 0 saturated heterocycles. The average molecular weight is 189 g/mol. The zero-order chi connectivity index (χ0) is 9.56. The third kappa shape index (κ3) is 4.35. The van der Waals surface area contributed by atoms with Crippen molar-refractivity contribution in [1.29, 1.82) is 0 Å². The number of hydrogen-bond donors (Lipinski definition) is 0. The van der Waals surface area contributed by atoms with Gasteiger partial charge in [-0.2, -0.15) is 0 Å². The summed E-state index contributed by atoms with van der Waals surface area (Å²) in [5.74, 6) is -0.375. The van der Waals surface area contributed by atoms with Gasteiger partial charge in [0, 0.05) is 0 Å². The molecular weight excluding hydrogens is 175 g/mol. The summed E-state index contributed by atoms with van der Waals surface area (Å²) >= 11 is 5.46. The van der Waals surface area contributed by atoms with Crippen LogP contribution >= 0.6 is 11.6 Å². The van der Waals surface area contributed by atoms with E-state index < -0.39 is 0 Å². The first-order valence-electron chi connectivity index (χ1n) is 3.96. The Labute approximate surface area is 78.4 Å². The summed E-state index contributed by atoms with van der Waals surface area (Å²) in [7, 11) is 0. The van der Waals surface area contributed by atoms with Crippen LogP contribution in [0.4, 0.5) is 4.39 Å². The van der Waals surface area contributed by atoms with Crippen LogP contribution < -0.4 is 0 Å². The van der Waals surface area contributed by atoms with Gasteiger partial charge in [0.05, 0.1) is 5.03 Å². The van der Waals surface area contributed by atoms with Gasteiger partial charge in [-0.05, 0) is 25.0 Å². The van der Waals surface area contributed by atoms with Gasteiger partial charge >= 0.3 is 0 Å². The maximum absolute atomic E-state index is 12.9. The number of halogens is 2. The molecule has 0 aromatic heterocycles. The fourth-order valence-corrected chi connectivity index (χ4v) is 0.839. The molecule has 0 radical (unpaired) electrons. The van der Waals surface area contributed by atoms with Gasteiger partial charge in [-0.25, -0.2) is 4.39 Å². The molecule has 0 spiro atoms. The van der Waals surface area contributed by atoms with Crippen molar-refractivity contribution >= 4 is 11.6 Å². The van der Waals surface area contributed by atoms with Gasteiger partial charge in [0.1, 0.15) is 5.83 Å². The second kappa shape index (κ2) is 6.01. The molecule has 0 N–H and O–H groups in total. The molecule has 0 aliphatic carbocycles. The summed E-state index contributed by atoms with van der Waals surface area (Å²) in [5, 5.41) is 0.186. The van der Waals surface area contributed by atoms with Crippen LogP contribution in [0.3, 0.4) is 0 Å². The van der Waals surface area contributed by atoms with Crippen molar-refractivity contribution in [3.63, 3.8) is 0 Å². The van der Waals surface area contributed by atoms with Crippen molar-refractivity contribution in [2.45, 2.75) is 26.7 Å². The molecule has 12 heavy (non-hydrogen) atoms. The molecule has 0 atom stereocenters. The molecule has 0 amide bonds. The van der Waals surface area contributed by atoms with E-state index in [9.17, 15) is 4.39 Å². The molecule has 0 bridgehead atoms. The Morgan fingerprint density at radius 1 is 1.58 bits per heavy atom. The van der Waals surface area contributed by atoms with E-state index in [4.69, 9.17) is 11.6 Å². The van der Waals surface area contributed by atoms with Gasteiger partial charge in [0.15, 0.2) is 0 Å². The third-order valence-electron chi connectivity index (χ3n) is 1.44. The van der Waals surface area contributed by atoms with Crippen molar-refractivity contribution in [3.8, 4) is 0 Å². The smallest absolute Gasteiger partial charge is 0.137 e. The highest BCUT2D eigenvalue weighted by molar-refractivity contribution is 6.29. The zero-order valence-electron chi connectivity index (χ0n) is 7.53. The number of rotatable bonds is 4. The molecule has 0 aliphatic heterocycles. The maximum atomic E-state index is 12.9. The normalized spacial score (nSPS) is 14.2. The van der Waals surface area contributed by atoms with Crippen LogP contribution in [0.5, 0.6) is 0 Å². The molecule has 0 fully saturated rings. The van der Waals surface area contributed by atoms with E-state index in [0.29, 0.717) is 0 Å². The lowest BCUT2D eigenvalue weighted by Gasteiger charge is -1.97. The van der Waals surface area contributed by atoms with Gasteiger partial charge in [-0.3, -0.25) is 0 Å². The second-order valence-corrected chi connectivity index (χ2v) is 3.12. The molecule has 0 aromatic carbocycles. The van der Waals surface area contributed by atoms with Crippen molar-refractivity contribution in [3.05, 3.63) is 35.2 Å². The summed E-state index contributed by atoms with van der Waals surface area (Å²) in [6.07, 6.45) is 4.90. The lowest BCUT2D eigenvalue weighted by Crippen LogP contribution is -1.79. The summed E-state index contributed by atoms with van der Waals surface area (Å²) in [5.41, 5.74) is 0.884. The largest absolute Gasteiger partial charge is 0.206 e. The molecule has 0 saturated carbocycles. The Bertz CT molecular complexity index is 210. The summed E-state index contributed by atoms with van der Waals surface area (Å²) in [4.78, 5) is 0. The molecule has 0 nitrogen and oxygen atoms in total. The van der Waals surface area contributed by atoms with Crippen LogP contribution in [-0.4, -0.2) is 0 Å². The number of allylic oxidation sites excluding steroid dienone is 5. The van der Waals surface area contributed by atoms with E-state index in [1.807, 2.05) is 6.92 Å². The zero-order valence-corrected chi connectivity index (χ0v) is 8.29. The first kappa shape index (κ1) is 11.4. The van der Waals surface area contributed by atoms with E-state index >= 15 is 0 Å². The van der Waals surface area contributed by atoms with E-state index in [1.54, 1.807) is 6.08 Å².